The average molecular weight is 226 g/mol. The maximum atomic E-state index is 11.3. The molecule has 0 aromatic rings. The lowest BCUT2D eigenvalue weighted by Gasteiger charge is -2.35. The minimum absolute atomic E-state index is 0.157. The number of rotatable bonds is 5. The first-order valence-electron chi connectivity index (χ1n) is 6.53. The molecular weight excluding hydrogens is 200 g/mol. The van der Waals surface area contributed by atoms with E-state index >= 15 is 0 Å². The topological polar surface area (TPSA) is 41.1 Å². The minimum atomic E-state index is 0.157. The lowest BCUT2D eigenvalue weighted by molar-refractivity contribution is -0.120. The molecule has 94 valence electrons. The molecule has 3 heteroatoms. The van der Waals surface area contributed by atoms with Crippen LogP contribution in [0.5, 0.6) is 0 Å². The first-order valence-corrected chi connectivity index (χ1v) is 6.53. The molecule has 1 rings (SSSR count). The fourth-order valence-electron chi connectivity index (χ4n) is 2.55. The predicted octanol–water partition coefficient (Wildman–Crippen LogP) is 2.07. The molecule has 1 unspecified atom stereocenters. The molecular formula is C13H26N2O. The molecule has 0 aromatic carbocycles. The summed E-state index contributed by atoms with van der Waals surface area (Å²) in [5, 5.41) is 6.33. The van der Waals surface area contributed by atoms with E-state index < -0.39 is 0 Å². The van der Waals surface area contributed by atoms with E-state index in [1.165, 1.54) is 25.7 Å². The van der Waals surface area contributed by atoms with E-state index in [0.29, 0.717) is 17.9 Å². The fraction of sp³-hybridized carbons (Fsp3) is 0.923. The summed E-state index contributed by atoms with van der Waals surface area (Å²) in [5.41, 5.74) is 0.474. The van der Waals surface area contributed by atoms with Crippen LogP contribution in [0.15, 0.2) is 0 Å². The summed E-state index contributed by atoms with van der Waals surface area (Å²) >= 11 is 0. The van der Waals surface area contributed by atoms with Crippen molar-refractivity contribution in [3.8, 4) is 0 Å². The zero-order chi connectivity index (χ0) is 12.0. The Bertz CT molecular complexity index is 226. The van der Waals surface area contributed by atoms with Gasteiger partial charge in [-0.3, -0.25) is 4.79 Å². The second kappa shape index (κ2) is 6.24. The van der Waals surface area contributed by atoms with E-state index in [-0.39, 0.29) is 5.91 Å². The molecule has 1 amide bonds. The molecule has 16 heavy (non-hydrogen) atoms. The summed E-state index contributed by atoms with van der Waals surface area (Å²) in [6.07, 6.45) is 5.75. The Labute approximate surface area is 99.4 Å². The van der Waals surface area contributed by atoms with Crippen molar-refractivity contribution in [3.63, 3.8) is 0 Å². The highest BCUT2D eigenvalue weighted by molar-refractivity contribution is 5.75. The number of amides is 1. The summed E-state index contributed by atoms with van der Waals surface area (Å²) in [6, 6.07) is 0.609. The Morgan fingerprint density at radius 2 is 2.19 bits per heavy atom. The van der Waals surface area contributed by atoms with Gasteiger partial charge in [0.15, 0.2) is 0 Å². The van der Waals surface area contributed by atoms with Gasteiger partial charge in [0, 0.05) is 25.6 Å². The van der Waals surface area contributed by atoms with Crippen LogP contribution in [0.2, 0.25) is 0 Å². The fourth-order valence-corrected chi connectivity index (χ4v) is 2.55. The average Bonchev–Trinajstić information content (AvgIpc) is 2.16. The zero-order valence-electron chi connectivity index (χ0n) is 10.9. The standard InChI is InChI=1S/C13H26N2O/c1-4-14-12(16)7-9-15-11-6-5-8-13(2,3)10-11/h11,15H,4-10H2,1-3H3,(H,14,16). The van der Waals surface area contributed by atoms with Crippen molar-refractivity contribution < 1.29 is 4.79 Å². The van der Waals surface area contributed by atoms with Gasteiger partial charge in [-0.2, -0.15) is 0 Å². The van der Waals surface area contributed by atoms with Crippen LogP contribution in [0.3, 0.4) is 0 Å². The van der Waals surface area contributed by atoms with Gasteiger partial charge in [0.05, 0.1) is 0 Å². The first-order chi connectivity index (χ1) is 7.53. The maximum Gasteiger partial charge on any atom is 0.221 e. The first kappa shape index (κ1) is 13.5. The molecule has 0 saturated heterocycles. The van der Waals surface area contributed by atoms with Crippen molar-refractivity contribution >= 4 is 5.91 Å². The Morgan fingerprint density at radius 1 is 1.44 bits per heavy atom. The summed E-state index contributed by atoms with van der Waals surface area (Å²) in [4.78, 5) is 11.3. The van der Waals surface area contributed by atoms with Gasteiger partial charge in [-0.1, -0.05) is 20.3 Å². The van der Waals surface area contributed by atoms with Crippen LogP contribution in [0.4, 0.5) is 0 Å². The number of hydrogen-bond acceptors (Lipinski definition) is 2. The normalized spacial score (nSPS) is 24.1. The molecule has 1 atom stereocenters. The summed E-state index contributed by atoms with van der Waals surface area (Å²) < 4.78 is 0. The molecule has 1 aliphatic carbocycles. The van der Waals surface area contributed by atoms with Crippen molar-refractivity contribution in [2.24, 2.45) is 5.41 Å². The second-order valence-electron chi connectivity index (χ2n) is 5.62. The number of carbonyl (C=O) groups excluding carboxylic acids is 1. The lowest BCUT2D eigenvalue weighted by Crippen LogP contribution is -2.39. The maximum absolute atomic E-state index is 11.3. The van der Waals surface area contributed by atoms with E-state index in [0.717, 1.165) is 13.1 Å². The Hall–Kier alpha value is -0.570. The van der Waals surface area contributed by atoms with Crippen molar-refractivity contribution in [2.45, 2.75) is 58.9 Å². The van der Waals surface area contributed by atoms with Crippen LogP contribution in [0, 0.1) is 5.41 Å². The van der Waals surface area contributed by atoms with Crippen LogP contribution < -0.4 is 10.6 Å². The quantitative estimate of drug-likeness (QED) is 0.753. The third-order valence-corrected chi connectivity index (χ3v) is 3.36. The van der Waals surface area contributed by atoms with Crippen molar-refractivity contribution in [1.29, 1.82) is 0 Å². The smallest absolute Gasteiger partial charge is 0.221 e. The molecule has 3 nitrogen and oxygen atoms in total. The Balaban J connectivity index is 2.15. The summed E-state index contributed by atoms with van der Waals surface area (Å²) in [6.45, 7) is 8.17. The van der Waals surface area contributed by atoms with E-state index in [9.17, 15) is 4.79 Å². The monoisotopic (exact) mass is 226 g/mol. The van der Waals surface area contributed by atoms with Crippen LogP contribution >= 0.6 is 0 Å². The van der Waals surface area contributed by atoms with Gasteiger partial charge in [-0.05, 0) is 31.6 Å². The zero-order valence-corrected chi connectivity index (χ0v) is 10.9. The molecule has 2 N–H and O–H groups in total. The molecule has 0 aromatic heterocycles. The molecule has 0 heterocycles. The molecule has 0 radical (unpaired) electrons. The van der Waals surface area contributed by atoms with Crippen molar-refractivity contribution in [3.05, 3.63) is 0 Å². The number of carbonyl (C=O) groups is 1. The van der Waals surface area contributed by atoms with Gasteiger partial charge in [-0.15, -0.1) is 0 Å². The van der Waals surface area contributed by atoms with Gasteiger partial charge in [0.25, 0.3) is 0 Å². The van der Waals surface area contributed by atoms with Crippen molar-refractivity contribution in [1.82, 2.24) is 10.6 Å². The van der Waals surface area contributed by atoms with Gasteiger partial charge >= 0.3 is 0 Å². The third kappa shape index (κ3) is 4.97. The van der Waals surface area contributed by atoms with Gasteiger partial charge < -0.3 is 10.6 Å². The second-order valence-corrected chi connectivity index (χ2v) is 5.62. The third-order valence-electron chi connectivity index (χ3n) is 3.36. The van der Waals surface area contributed by atoms with Gasteiger partial charge in [0.1, 0.15) is 0 Å². The highest BCUT2D eigenvalue weighted by atomic mass is 16.1. The van der Waals surface area contributed by atoms with Crippen molar-refractivity contribution in [2.75, 3.05) is 13.1 Å². The Kier molecular flexibility index (Phi) is 5.26. The highest BCUT2D eigenvalue weighted by Gasteiger charge is 2.27. The minimum Gasteiger partial charge on any atom is -0.356 e. The number of nitrogens with one attached hydrogen (secondary N) is 2. The number of hydrogen-bond donors (Lipinski definition) is 2. The van der Waals surface area contributed by atoms with Crippen LogP contribution in [-0.4, -0.2) is 25.0 Å². The van der Waals surface area contributed by atoms with Gasteiger partial charge in [0.2, 0.25) is 5.91 Å². The van der Waals surface area contributed by atoms with Gasteiger partial charge in [-0.25, -0.2) is 0 Å². The largest absolute Gasteiger partial charge is 0.356 e. The van der Waals surface area contributed by atoms with Crippen LogP contribution in [0.25, 0.3) is 0 Å². The van der Waals surface area contributed by atoms with Crippen LogP contribution in [0.1, 0.15) is 52.9 Å². The molecule has 1 aliphatic rings. The predicted molar refractivity (Wildman–Crippen MR) is 67.3 cm³/mol. The highest BCUT2D eigenvalue weighted by Crippen LogP contribution is 2.34. The molecule has 0 spiro atoms. The molecule has 0 aliphatic heterocycles. The van der Waals surface area contributed by atoms with Crippen LogP contribution in [-0.2, 0) is 4.79 Å². The molecule has 0 bridgehead atoms. The SMILES string of the molecule is CCNC(=O)CCNC1CCCC(C)(C)C1. The van der Waals surface area contributed by atoms with E-state index in [1.54, 1.807) is 0 Å². The van der Waals surface area contributed by atoms with E-state index in [1.807, 2.05) is 6.92 Å². The molecule has 1 fully saturated rings. The van der Waals surface area contributed by atoms with E-state index in [4.69, 9.17) is 0 Å². The Morgan fingerprint density at radius 3 is 2.81 bits per heavy atom. The molecule has 1 saturated carbocycles. The summed E-state index contributed by atoms with van der Waals surface area (Å²) in [7, 11) is 0. The summed E-state index contributed by atoms with van der Waals surface area (Å²) in [5.74, 6) is 0.157. The lowest BCUT2D eigenvalue weighted by atomic mass is 9.75. The van der Waals surface area contributed by atoms with E-state index in [2.05, 4.69) is 24.5 Å².